The van der Waals surface area contributed by atoms with E-state index in [2.05, 4.69) is 19.1 Å². The third-order valence-corrected chi connectivity index (χ3v) is 3.72. The molecule has 0 heterocycles. The van der Waals surface area contributed by atoms with Crippen LogP contribution in [-0.2, 0) is 0 Å². The molecule has 3 rings (SSSR count). The van der Waals surface area contributed by atoms with Crippen LogP contribution in [0.15, 0.2) is 54.6 Å². The highest BCUT2D eigenvalue weighted by Gasteiger charge is 2.39. The number of Topliss-reactive ketones (excluding diaryl/α,β-unsaturated/α-hetero) is 1. The van der Waals surface area contributed by atoms with Gasteiger partial charge in [0.25, 0.3) is 0 Å². The van der Waals surface area contributed by atoms with Crippen LogP contribution in [0.25, 0.3) is 11.1 Å². The average Bonchev–Trinajstić information content (AvgIpc) is 3.16. The molecule has 2 aromatic rings. The Morgan fingerprint density at radius 1 is 0.944 bits per heavy atom. The lowest BCUT2D eigenvalue weighted by molar-refractivity contribution is 0.0962. The first-order chi connectivity index (χ1) is 8.75. The van der Waals surface area contributed by atoms with Crippen molar-refractivity contribution in [3.05, 3.63) is 60.2 Å². The van der Waals surface area contributed by atoms with Crippen molar-refractivity contribution in [2.75, 3.05) is 0 Å². The number of hydrogen-bond donors (Lipinski definition) is 0. The van der Waals surface area contributed by atoms with Crippen molar-refractivity contribution >= 4 is 5.78 Å². The van der Waals surface area contributed by atoms with E-state index < -0.39 is 0 Å². The molecule has 18 heavy (non-hydrogen) atoms. The van der Waals surface area contributed by atoms with Crippen LogP contribution in [0.5, 0.6) is 0 Å². The molecule has 2 atom stereocenters. The normalized spacial score (nSPS) is 21.6. The Hall–Kier alpha value is -1.89. The van der Waals surface area contributed by atoms with Crippen LogP contribution >= 0.6 is 0 Å². The van der Waals surface area contributed by atoms with Gasteiger partial charge in [0.05, 0.1) is 0 Å². The molecule has 0 spiro atoms. The summed E-state index contributed by atoms with van der Waals surface area (Å²) in [5.74, 6) is 1.15. The Kier molecular flexibility index (Phi) is 2.75. The molecule has 1 aliphatic rings. The molecule has 0 bridgehead atoms. The lowest BCUT2D eigenvalue weighted by Gasteiger charge is -2.03. The summed E-state index contributed by atoms with van der Waals surface area (Å²) in [7, 11) is 0. The van der Waals surface area contributed by atoms with E-state index in [4.69, 9.17) is 0 Å². The van der Waals surface area contributed by atoms with E-state index in [-0.39, 0.29) is 5.92 Å². The van der Waals surface area contributed by atoms with Crippen molar-refractivity contribution in [1.29, 1.82) is 0 Å². The van der Waals surface area contributed by atoms with Crippen LogP contribution in [0.2, 0.25) is 0 Å². The molecule has 1 aliphatic carbocycles. The summed E-state index contributed by atoms with van der Waals surface area (Å²) in [6, 6.07) is 18.2. The van der Waals surface area contributed by atoms with E-state index in [9.17, 15) is 4.79 Å². The summed E-state index contributed by atoms with van der Waals surface area (Å²) in [5, 5.41) is 0. The minimum Gasteiger partial charge on any atom is -0.294 e. The molecule has 90 valence electrons. The Bertz CT molecular complexity index is 554. The predicted molar refractivity (Wildman–Crippen MR) is 73.5 cm³/mol. The highest BCUT2D eigenvalue weighted by atomic mass is 16.1. The minimum atomic E-state index is 0.271. The smallest absolute Gasteiger partial charge is 0.166 e. The summed E-state index contributed by atoms with van der Waals surface area (Å²) < 4.78 is 0. The fourth-order valence-electron chi connectivity index (χ4n) is 2.36. The number of benzene rings is 2. The number of carbonyl (C=O) groups is 1. The zero-order valence-electron chi connectivity index (χ0n) is 10.5. The second kappa shape index (κ2) is 4.41. The lowest BCUT2D eigenvalue weighted by atomic mass is 10.0. The molecule has 1 heteroatoms. The van der Waals surface area contributed by atoms with Gasteiger partial charge in [0.15, 0.2) is 5.78 Å². The number of ketones is 1. The van der Waals surface area contributed by atoms with E-state index >= 15 is 0 Å². The molecule has 0 radical (unpaired) electrons. The van der Waals surface area contributed by atoms with Crippen LogP contribution in [0.4, 0.5) is 0 Å². The minimum absolute atomic E-state index is 0.271. The van der Waals surface area contributed by atoms with Gasteiger partial charge in [-0.25, -0.2) is 0 Å². The molecule has 0 amide bonds. The molecular weight excluding hydrogens is 220 g/mol. The van der Waals surface area contributed by atoms with Gasteiger partial charge in [-0.15, -0.1) is 0 Å². The summed E-state index contributed by atoms with van der Waals surface area (Å²) in [6.07, 6.45) is 1.05. The standard InChI is InChI=1S/C17H16O/c1-12-11-16(12)17(18)15-9-7-14(8-10-15)13-5-3-2-4-6-13/h2-10,12,16H,11H2,1H3. The maximum absolute atomic E-state index is 12.1. The molecule has 1 saturated carbocycles. The van der Waals surface area contributed by atoms with Gasteiger partial charge in [-0.3, -0.25) is 4.79 Å². The Labute approximate surface area is 107 Å². The fourth-order valence-corrected chi connectivity index (χ4v) is 2.36. The number of rotatable bonds is 3. The first kappa shape index (κ1) is 11.2. The average molecular weight is 236 g/mol. The Balaban J connectivity index is 1.83. The van der Waals surface area contributed by atoms with Gasteiger partial charge in [0.1, 0.15) is 0 Å². The second-order valence-electron chi connectivity index (χ2n) is 5.13. The SMILES string of the molecule is CC1CC1C(=O)c1ccc(-c2ccccc2)cc1. The Morgan fingerprint density at radius 3 is 2.06 bits per heavy atom. The summed E-state index contributed by atoms with van der Waals surface area (Å²) in [5.41, 5.74) is 3.20. The van der Waals surface area contributed by atoms with Gasteiger partial charge in [0.2, 0.25) is 0 Å². The first-order valence-electron chi connectivity index (χ1n) is 6.45. The summed E-state index contributed by atoms with van der Waals surface area (Å²) in [6.45, 7) is 2.14. The topological polar surface area (TPSA) is 17.1 Å². The summed E-state index contributed by atoms with van der Waals surface area (Å²) >= 11 is 0. The molecular formula is C17H16O. The van der Waals surface area contributed by atoms with Gasteiger partial charge < -0.3 is 0 Å². The molecule has 2 aromatic carbocycles. The monoisotopic (exact) mass is 236 g/mol. The Morgan fingerprint density at radius 2 is 1.50 bits per heavy atom. The molecule has 0 N–H and O–H groups in total. The van der Waals surface area contributed by atoms with E-state index in [1.165, 1.54) is 5.56 Å². The van der Waals surface area contributed by atoms with Crippen molar-refractivity contribution in [3.63, 3.8) is 0 Å². The fraction of sp³-hybridized carbons (Fsp3) is 0.235. The van der Waals surface area contributed by atoms with Gasteiger partial charge in [0, 0.05) is 11.5 Å². The quantitative estimate of drug-likeness (QED) is 0.730. The van der Waals surface area contributed by atoms with Crippen molar-refractivity contribution in [3.8, 4) is 11.1 Å². The van der Waals surface area contributed by atoms with Crippen molar-refractivity contribution in [1.82, 2.24) is 0 Å². The number of hydrogen-bond acceptors (Lipinski definition) is 1. The lowest BCUT2D eigenvalue weighted by Crippen LogP contribution is -2.02. The van der Waals surface area contributed by atoms with Gasteiger partial charge in [-0.2, -0.15) is 0 Å². The van der Waals surface area contributed by atoms with E-state index in [0.29, 0.717) is 11.7 Å². The predicted octanol–water partition coefficient (Wildman–Crippen LogP) is 4.19. The summed E-state index contributed by atoms with van der Waals surface area (Å²) in [4.78, 5) is 12.1. The highest BCUT2D eigenvalue weighted by molar-refractivity contribution is 5.99. The molecule has 2 unspecified atom stereocenters. The first-order valence-corrected chi connectivity index (χ1v) is 6.45. The van der Waals surface area contributed by atoms with Crippen LogP contribution in [0.3, 0.4) is 0 Å². The van der Waals surface area contributed by atoms with Crippen LogP contribution in [0, 0.1) is 11.8 Å². The van der Waals surface area contributed by atoms with E-state index in [1.54, 1.807) is 0 Å². The third kappa shape index (κ3) is 2.08. The largest absolute Gasteiger partial charge is 0.294 e. The maximum atomic E-state index is 12.1. The number of carbonyl (C=O) groups excluding carboxylic acids is 1. The molecule has 0 saturated heterocycles. The highest BCUT2D eigenvalue weighted by Crippen LogP contribution is 2.40. The second-order valence-corrected chi connectivity index (χ2v) is 5.13. The van der Waals surface area contributed by atoms with Gasteiger partial charge in [-0.05, 0) is 23.5 Å². The van der Waals surface area contributed by atoms with Crippen molar-refractivity contribution in [2.24, 2.45) is 11.8 Å². The van der Waals surface area contributed by atoms with Crippen molar-refractivity contribution in [2.45, 2.75) is 13.3 Å². The van der Waals surface area contributed by atoms with Crippen molar-refractivity contribution < 1.29 is 4.79 Å². The molecule has 1 fully saturated rings. The molecule has 1 nitrogen and oxygen atoms in total. The molecule has 0 aromatic heterocycles. The molecule has 0 aliphatic heterocycles. The van der Waals surface area contributed by atoms with Crippen LogP contribution in [-0.4, -0.2) is 5.78 Å². The van der Waals surface area contributed by atoms with Crippen LogP contribution in [0.1, 0.15) is 23.7 Å². The van der Waals surface area contributed by atoms with Crippen LogP contribution < -0.4 is 0 Å². The zero-order valence-corrected chi connectivity index (χ0v) is 10.5. The van der Waals surface area contributed by atoms with Gasteiger partial charge >= 0.3 is 0 Å². The van der Waals surface area contributed by atoms with Gasteiger partial charge in [-0.1, -0.05) is 61.5 Å². The zero-order chi connectivity index (χ0) is 12.5. The third-order valence-electron chi connectivity index (χ3n) is 3.72. The van der Waals surface area contributed by atoms with E-state index in [1.807, 2.05) is 42.5 Å². The maximum Gasteiger partial charge on any atom is 0.166 e. The van der Waals surface area contributed by atoms with E-state index in [0.717, 1.165) is 17.5 Å².